The molecule has 1 saturated heterocycles. The first-order valence-electron chi connectivity index (χ1n) is 7.66. The zero-order valence-electron chi connectivity index (χ0n) is 12.7. The van der Waals surface area contributed by atoms with Gasteiger partial charge in [0.05, 0.1) is 11.4 Å². The van der Waals surface area contributed by atoms with Gasteiger partial charge in [0.25, 0.3) is 0 Å². The first kappa shape index (κ1) is 14.1. The minimum absolute atomic E-state index is 0.248. The van der Waals surface area contributed by atoms with Crippen molar-refractivity contribution in [2.24, 2.45) is 0 Å². The van der Waals surface area contributed by atoms with E-state index < -0.39 is 0 Å². The van der Waals surface area contributed by atoms with Gasteiger partial charge < -0.3 is 5.11 Å². The van der Waals surface area contributed by atoms with Gasteiger partial charge in [-0.05, 0) is 57.5 Å². The minimum Gasteiger partial charge on any atom is -0.506 e. The van der Waals surface area contributed by atoms with Crippen LogP contribution in [-0.2, 0) is 0 Å². The fraction of sp³-hybridized carbons (Fsp3) is 0.389. The molecule has 3 heteroatoms. The molecule has 1 N–H and O–H groups in total. The summed E-state index contributed by atoms with van der Waals surface area (Å²) in [4.78, 5) is 6.97. The molecule has 0 radical (unpaired) electrons. The molecule has 1 atom stereocenters. The summed E-state index contributed by atoms with van der Waals surface area (Å²) >= 11 is 0. The number of rotatable bonds is 3. The Morgan fingerprint density at radius 3 is 2.33 bits per heavy atom. The van der Waals surface area contributed by atoms with E-state index in [1.165, 1.54) is 31.5 Å². The van der Waals surface area contributed by atoms with Crippen LogP contribution < -0.4 is 0 Å². The summed E-state index contributed by atoms with van der Waals surface area (Å²) in [5.41, 5.74) is 4.03. The predicted molar refractivity (Wildman–Crippen MR) is 85.3 cm³/mol. The Bertz CT molecular complexity index is 616. The first-order valence-corrected chi connectivity index (χ1v) is 7.66. The lowest BCUT2D eigenvalue weighted by Gasteiger charge is -2.24. The molecule has 21 heavy (non-hydrogen) atoms. The lowest BCUT2D eigenvalue weighted by molar-refractivity contribution is 0.263. The monoisotopic (exact) mass is 282 g/mol. The lowest BCUT2D eigenvalue weighted by atomic mass is 10.0. The minimum atomic E-state index is 0.248. The number of nitrogens with zero attached hydrogens (tertiary/aromatic N) is 2. The normalized spacial score (nSPS) is 17.0. The van der Waals surface area contributed by atoms with Crippen molar-refractivity contribution >= 4 is 0 Å². The van der Waals surface area contributed by atoms with Crippen molar-refractivity contribution in [3.8, 4) is 17.0 Å². The largest absolute Gasteiger partial charge is 0.506 e. The number of aromatic nitrogens is 1. The molecule has 110 valence electrons. The van der Waals surface area contributed by atoms with Crippen LogP contribution in [0.2, 0.25) is 0 Å². The molecule has 3 nitrogen and oxygen atoms in total. The molecular formula is C18H22N2O. The lowest BCUT2D eigenvalue weighted by Crippen LogP contribution is -2.23. The Hall–Kier alpha value is -1.87. The van der Waals surface area contributed by atoms with Crippen LogP contribution in [0, 0.1) is 6.92 Å². The number of aromatic hydroxyl groups is 1. The average Bonchev–Trinajstić information content (AvgIpc) is 3.04. The molecule has 1 aromatic carbocycles. The molecule has 1 aliphatic heterocycles. The number of aryl methyl sites for hydroxylation is 1. The van der Waals surface area contributed by atoms with Gasteiger partial charge in [0.2, 0.25) is 0 Å². The summed E-state index contributed by atoms with van der Waals surface area (Å²) in [7, 11) is 0. The van der Waals surface area contributed by atoms with E-state index in [0.717, 1.165) is 11.3 Å². The Balaban J connectivity index is 1.81. The second-order valence-electron chi connectivity index (χ2n) is 5.84. The molecule has 0 amide bonds. The Morgan fingerprint density at radius 1 is 1.05 bits per heavy atom. The Labute approximate surface area is 126 Å². The SMILES string of the molecule is Cc1nc(-c2ccc(C(C)N3CCCC3)cc2)ccc1O. The van der Waals surface area contributed by atoms with Crippen molar-refractivity contribution in [3.63, 3.8) is 0 Å². The number of hydrogen-bond donors (Lipinski definition) is 1. The summed E-state index contributed by atoms with van der Waals surface area (Å²) in [5.74, 6) is 0.248. The van der Waals surface area contributed by atoms with Crippen LogP contribution >= 0.6 is 0 Å². The highest BCUT2D eigenvalue weighted by Gasteiger charge is 2.19. The van der Waals surface area contributed by atoms with Gasteiger partial charge in [0.15, 0.2) is 0 Å². The molecule has 2 heterocycles. The van der Waals surface area contributed by atoms with Crippen molar-refractivity contribution in [3.05, 3.63) is 47.7 Å². The number of pyridine rings is 1. The molecular weight excluding hydrogens is 260 g/mol. The fourth-order valence-electron chi connectivity index (χ4n) is 2.99. The van der Waals surface area contributed by atoms with Crippen LogP contribution in [0.5, 0.6) is 5.75 Å². The summed E-state index contributed by atoms with van der Waals surface area (Å²) in [6, 6.07) is 12.7. The number of hydrogen-bond acceptors (Lipinski definition) is 3. The van der Waals surface area contributed by atoms with Gasteiger partial charge in [-0.2, -0.15) is 0 Å². The van der Waals surface area contributed by atoms with Crippen LogP contribution in [0.3, 0.4) is 0 Å². The summed E-state index contributed by atoms with van der Waals surface area (Å²) < 4.78 is 0. The van der Waals surface area contributed by atoms with E-state index in [9.17, 15) is 5.11 Å². The fourth-order valence-corrected chi connectivity index (χ4v) is 2.99. The quantitative estimate of drug-likeness (QED) is 0.927. The third-order valence-corrected chi connectivity index (χ3v) is 4.44. The van der Waals surface area contributed by atoms with Crippen LogP contribution in [0.4, 0.5) is 0 Å². The molecule has 2 aromatic rings. The maximum atomic E-state index is 9.56. The van der Waals surface area contributed by atoms with E-state index in [4.69, 9.17) is 0 Å². The number of likely N-dealkylation sites (tertiary alicyclic amines) is 1. The summed E-state index contributed by atoms with van der Waals surface area (Å²) in [5, 5.41) is 9.56. The van der Waals surface area contributed by atoms with Crippen molar-refractivity contribution < 1.29 is 5.11 Å². The Morgan fingerprint density at radius 2 is 1.71 bits per heavy atom. The standard InChI is InChI=1S/C18H22N2O/c1-13-18(21)10-9-17(19-13)16-7-5-15(6-8-16)14(2)20-11-3-4-12-20/h5-10,14,21H,3-4,11-12H2,1-2H3. The Kier molecular flexibility index (Phi) is 3.93. The van der Waals surface area contributed by atoms with Gasteiger partial charge in [-0.3, -0.25) is 4.90 Å². The van der Waals surface area contributed by atoms with Crippen LogP contribution in [-0.4, -0.2) is 28.1 Å². The maximum Gasteiger partial charge on any atom is 0.136 e. The van der Waals surface area contributed by atoms with Crippen molar-refractivity contribution in [2.45, 2.75) is 32.7 Å². The number of benzene rings is 1. The first-order chi connectivity index (χ1) is 10.1. The molecule has 1 unspecified atom stereocenters. The van der Waals surface area contributed by atoms with Crippen molar-refractivity contribution in [2.75, 3.05) is 13.1 Å². The maximum absolute atomic E-state index is 9.56. The van der Waals surface area contributed by atoms with Gasteiger partial charge in [-0.15, -0.1) is 0 Å². The van der Waals surface area contributed by atoms with Crippen LogP contribution in [0.15, 0.2) is 36.4 Å². The highest BCUT2D eigenvalue weighted by Crippen LogP contribution is 2.27. The molecule has 1 fully saturated rings. The molecule has 1 aliphatic rings. The van der Waals surface area contributed by atoms with E-state index in [0.29, 0.717) is 11.7 Å². The zero-order chi connectivity index (χ0) is 14.8. The van der Waals surface area contributed by atoms with Gasteiger partial charge in [-0.1, -0.05) is 24.3 Å². The molecule has 0 spiro atoms. The predicted octanol–water partition coefficient (Wildman–Crippen LogP) is 3.92. The second-order valence-corrected chi connectivity index (χ2v) is 5.84. The van der Waals surface area contributed by atoms with E-state index >= 15 is 0 Å². The molecule has 3 rings (SSSR count). The van der Waals surface area contributed by atoms with E-state index in [2.05, 4.69) is 41.1 Å². The van der Waals surface area contributed by atoms with Crippen molar-refractivity contribution in [1.29, 1.82) is 0 Å². The summed E-state index contributed by atoms with van der Waals surface area (Å²) in [6.07, 6.45) is 2.64. The van der Waals surface area contributed by atoms with E-state index in [1.807, 2.05) is 13.0 Å². The van der Waals surface area contributed by atoms with Gasteiger partial charge >= 0.3 is 0 Å². The van der Waals surface area contributed by atoms with Crippen LogP contribution in [0.1, 0.15) is 37.1 Å². The average molecular weight is 282 g/mol. The van der Waals surface area contributed by atoms with Crippen molar-refractivity contribution in [1.82, 2.24) is 9.88 Å². The second kappa shape index (κ2) is 5.86. The third kappa shape index (κ3) is 2.93. The topological polar surface area (TPSA) is 36.4 Å². The smallest absolute Gasteiger partial charge is 0.136 e. The zero-order valence-corrected chi connectivity index (χ0v) is 12.7. The highest BCUT2D eigenvalue weighted by molar-refractivity contribution is 5.60. The van der Waals surface area contributed by atoms with E-state index in [-0.39, 0.29) is 5.75 Å². The van der Waals surface area contributed by atoms with Crippen LogP contribution in [0.25, 0.3) is 11.3 Å². The molecule has 0 bridgehead atoms. The molecule has 0 aliphatic carbocycles. The third-order valence-electron chi connectivity index (χ3n) is 4.44. The van der Waals surface area contributed by atoms with Gasteiger partial charge in [0, 0.05) is 11.6 Å². The van der Waals surface area contributed by atoms with Gasteiger partial charge in [0.1, 0.15) is 5.75 Å². The molecule has 1 aromatic heterocycles. The summed E-state index contributed by atoms with van der Waals surface area (Å²) in [6.45, 7) is 6.52. The molecule has 0 saturated carbocycles. The van der Waals surface area contributed by atoms with Gasteiger partial charge in [-0.25, -0.2) is 4.98 Å². The van der Waals surface area contributed by atoms with E-state index in [1.54, 1.807) is 6.07 Å². The highest BCUT2D eigenvalue weighted by atomic mass is 16.3.